The molecule has 0 amide bonds. The molecule has 3 N–H and O–H groups in total. The van der Waals surface area contributed by atoms with Crippen molar-refractivity contribution in [3.05, 3.63) is 21.5 Å². The first kappa shape index (κ1) is 10.4. The molecule has 0 spiro atoms. The van der Waals surface area contributed by atoms with E-state index < -0.39 is 13.1 Å². The predicted molar refractivity (Wildman–Crippen MR) is 53.7 cm³/mol. The van der Waals surface area contributed by atoms with Gasteiger partial charge in [-0.1, -0.05) is 0 Å². The van der Waals surface area contributed by atoms with Gasteiger partial charge in [-0.05, 0) is 28.7 Å². The van der Waals surface area contributed by atoms with Crippen molar-refractivity contribution in [1.29, 1.82) is 0 Å². The van der Waals surface area contributed by atoms with Gasteiger partial charge in [-0.25, -0.2) is 9.78 Å². The largest absolute Gasteiger partial charge is 0.490 e. The maximum Gasteiger partial charge on any atom is 0.490 e. The number of carbonyl (C=O) groups is 1. The van der Waals surface area contributed by atoms with Crippen molar-refractivity contribution in [2.45, 2.75) is 0 Å². The second-order valence-electron chi connectivity index (χ2n) is 2.29. The molecule has 0 aliphatic carbocycles. The van der Waals surface area contributed by atoms with Gasteiger partial charge in [0.05, 0.1) is 5.56 Å². The fourth-order valence-corrected chi connectivity index (χ4v) is 1.28. The number of aromatic carboxylic acids is 1. The molecule has 0 aliphatic rings. The van der Waals surface area contributed by atoms with Crippen molar-refractivity contribution in [1.82, 2.24) is 4.98 Å². The van der Waals surface area contributed by atoms with Crippen molar-refractivity contribution in [3.63, 3.8) is 0 Å². The average molecular weight is 293 g/mol. The van der Waals surface area contributed by atoms with E-state index in [0.29, 0.717) is 3.70 Å². The Balaban J connectivity index is 3.19. The Morgan fingerprint density at radius 3 is 2.62 bits per heavy atom. The third-order valence-corrected chi connectivity index (χ3v) is 2.25. The maximum absolute atomic E-state index is 10.6. The van der Waals surface area contributed by atoms with Gasteiger partial charge in [0.15, 0.2) is 0 Å². The number of carboxylic acid groups (broad SMARTS) is 1. The number of pyridine rings is 1. The first-order valence-electron chi connectivity index (χ1n) is 3.27. The van der Waals surface area contributed by atoms with Crippen LogP contribution in [0.1, 0.15) is 10.4 Å². The molecule has 1 aromatic rings. The number of hydrogen-bond acceptors (Lipinski definition) is 4. The highest BCUT2D eigenvalue weighted by Gasteiger charge is 2.16. The molecule has 0 aromatic carbocycles. The lowest BCUT2D eigenvalue weighted by Gasteiger charge is -2.01. The molecule has 1 heterocycles. The Kier molecular flexibility index (Phi) is 3.23. The summed E-state index contributed by atoms with van der Waals surface area (Å²) < 4.78 is 0.314. The van der Waals surface area contributed by atoms with Crippen molar-refractivity contribution in [2.75, 3.05) is 0 Å². The Hall–Kier alpha value is -0.665. The average Bonchev–Trinajstić information content (AvgIpc) is 2.04. The van der Waals surface area contributed by atoms with E-state index in [1.165, 1.54) is 12.3 Å². The van der Waals surface area contributed by atoms with Crippen LogP contribution >= 0.6 is 22.6 Å². The molecule has 7 heteroatoms. The summed E-state index contributed by atoms with van der Waals surface area (Å²) in [4.78, 5) is 14.3. The van der Waals surface area contributed by atoms with E-state index in [0.717, 1.165) is 0 Å². The molecule has 0 atom stereocenters. The smallest absolute Gasteiger partial charge is 0.478 e. The first-order chi connectivity index (χ1) is 6.02. The summed E-state index contributed by atoms with van der Waals surface area (Å²) >= 11 is 1.76. The van der Waals surface area contributed by atoms with Crippen molar-refractivity contribution < 1.29 is 19.9 Å². The topological polar surface area (TPSA) is 90.7 Å². The third kappa shape index (κ3) is 2.39. The van der Waals surface area contributed by atoms with Crippen LogP contribution in [0.25, 0.3) is 0 Å². The molecule has 0 aliphatic heterocycles. The van der Waals surface area contributed by atoms with Crippen molar-refractivity contribution in [2.24, 2.45) is 0 Å². The monoisotopic (exact) mass is 293 g/mol. The van der Waals surface area contributed by atoms with Gasteiger partial charge in [0.2, 0.25) is 0 Å². The Morgan fingerprint density at radius 2 is 2.15 bits per heavy atom. The summed E-state index contributed by atoms with van der Waals surface area (Å²) in [6, 6.07) is 1.18. The summed E-state index contributed by atoms with van der Waals surface area (Å²) in [6.07, 6.45) is 1.22. The summed E-state index contributed by atoms with van der Waals surface area (Å²) in [5, 5.41) is 26.1. The molecule has 1 rings (SSSR count). The predicted octanol–water partition coefficient (Wildman–Crippen LogP) is -0.936. The Morgan fingerprint density at radius 1 is 1.54 bits per heavy atom. The standard InChI is InChI=1S/C6H5BINO4/c8-5-4(6(10)11)1-3(2-9-5)7(12)13/h1-2,12-13H,(H,10,11). The van der Waals surface area contributed by atoms with Gasteiger partial charge in [-0.15, -0.1) is 0 Å². The van der Waals surface area contributed by atoms with Crippen LogP contribution in [0.4, 0.5) is 0 Å². The molecule has 0 saturated heterocycles. The fraction of sp³-hybridized carbons (Fsp3) is 0. The molecular formula is C6H5BINO4. The molecule has 0 saturated carbocycles. The SMILES string of the molecule is O=C(O)c1cc(B(O)O)cnc1I. The van der Waals surface area contributed by atoms with Crippen LogP contribution in [0.3, 0.4) is 0 Å². The van der Waals surface area contributed by atoms with E-state index in [2.05, 4.69) is 4.98 Å². The normalized spacial score (nSPS) is 9.77. The van der Waals surface area contributed by atoms with Crippen LogP contribution in [0, 0.1) is 3.70 Å². The molecule has 0 bridgehead atoms. The molecule has 13 heavy (non-hydrogen) atoms. The highest BCUT2D eigenvalue weighted by Crippen LogP contribution is 2.06. The van der Waals surface area contributed by atoms with Crippen molar-refractivity contribution in [3.8, 4) is 0 Å². The van der Waals surface area contributed by atoms with E-state index in [9.17, 15) is 4.79 Å². The second kappa shape index (κ2) is 4.03. The number of carboxylic acids is 1. The summed E-state index contributed by atoms with van der Waals surface area (Å²) in [7, 11) is -1.69. The molecule has 5 nitrogen and oxygen atoms in total. The van der Waals surface area contributed by atoms with Gasteiger partial charge in [-0.2, -0.15) is 0 Å². The van der Waals surface area contributed by atoms with Gasteiger partial charge >= 0.3 is 13.1 Å². The lowest BCUT2D eigenvalue weighted by molar-refractivity contribution is 0.0695. The summed E-state index contributed by atoms with van der Waals surface area (Å²) in [5.74, 6) is -1.14. The molecule has 68 valence electrons. The zero-order valence-corrected chi connectivity index (χ0v) is 8.46. The van der Waals surface area contributed by atoms with Gasteiger partial charge in [0.25, 0.3) is 0 Å². The number of nitrogens with zero attached hydrogens (tertiary/aromatic N) is 1. The quantitative estimate of drug-likeness (QED) is 0.372. The summed E-state index contributed by atoms with van der Waals surface area (Å²) in [5.41, 5.74) is 0.0315. The molecule has 1 aromatic heterocycles. The van der Waals surface area contributed by atoms with Gasteiger partial charge in [0.1, 0.15) is 3.70 Å². The van der Waals surface area contributed by atoms with E-state index in [4.69, 9.17) is 15.2 Å². The van der Waals surface area contributed by atoms with Crippen LogP contribution < -0.4 is 5.46 Å². The minimum Gasteiger partial charge on any atom is -0.478 e. The number of aromatic nitrogens is 1. The Labute approximate surface area is 87.7 Å². The fourth-order valence-electron chi connectivity index (χ4n) is 0.755. The van der Waals surface area contributed by atoms with Crippen LogP contribution in [-0.4, -0.2) is 33.2 Å². The van der Waals surface area contributed by atoms with E-state index in [1.54, 1.807) is 22.6 Å². The maximum atomic E-state index is 10.6. The highest BCUT2D eigenvalue weighted by molar-refractivity contribution is 14.1. The summed E-state index contributed by atoms with van der Waals surface area (Å²) in [6.45, 7) is 0. The molecule has 0 fully saturated rings. The number of hydrogen-bond donors (Lipinski definition) is 3. The van der Waals surface area contributed by atoms with E-state index >= 15 is 0 Å². The molecular weight excluding hydrogens is 288 g/mol. The van der Waals surface area contributed by atoms with Crippen LogP contribution in [0.5, 0.6) is 0 Å². The Bertz CT molecular complexity index is 343. The number of halogens is 1. The lowest BCUT2D eigenvalue weighted by atomic mass is 9.81. The van der Waals surface area contributed by atoms with E-state index in [-0.39, 0.29) is 11.0 Å². The minimum atomic E-state index is -1.69. The number of rotatable bonds is 2. The van der Waals surface area contributed by atoms with Gasteiger partial charge < -0.3 is 15.2 Å². The molecule has 0 unspecified atom stereocenters. The first-order valence-corrected chi connectivity index (χ1v) is 4.35. The van der Waals surface area contributed by atoms with Gasteiger partial charge in [0, 0.05) is 11.7 Å². The van der Waals surface area contributed by atoms with Gasteiger partial charge in [-0.3, -0.25) is 0 Å². The highest BCUT2D eigenvalue weighted by atomic mass is 127. The van der Waals surface area contributed by atoms with Crippen LogP contribution in [0.2, 0.25) is 0 Å². The van der Waals surface area contributed by atoms with Crippen LogP contribution in [-0.2, 0) is 0 Å². The minimum absolute atomic E-state index is 0.0359. The van der Waals surface area contributed by atoms with Crippen LogP contribution in [0.15, 0.2) is 12.3 Å². The zero-order chi connectivity index (χ0) is 10.0. The van der Waals surface area contributed by atoms with E-state index in [1.807, 2.05) is 0 Å². The second-order valence-corrected chi connectivity index (χ2v) is 3.31. The zero-order valence-electron chi connectivity index (χ0n) is 6.31. The molecule has 0 radical (unpaired) electrons. The lowest BCUT2D eigenvalue weighted by Crippen LogP contribution is -2.31. The third-order valence-electron chi connectivity index (χ3n) is 1.39. The van der Waals surface area contributed by atoms with Crippen molar-refractivity contribution >= 4 is 41.1 Å².